The Kier molecular flexibility index (Phi) is 4.73. The fraction of sp³-hybridized carbons (Fsp3) is 0.333. The van der Waals surface area contributed by atoms with Gasteiger partial charge in [-0.1, -0.05) is 11.6 Å². The topological polar surface area (TPSA) is 85.6 Å². The van der Waals surface area contributed by atoms with Gasteiger partial charge in [0, 0.05) is 6.42 Å². The van der Waals surface area contributed by atoms with Crippen molar-refractivity contribution < 1.29 is 27.5 Å². The summed E-state index contributed by atoms with van der Waals surface area (Å²) in [6.07, 6.45) is -4.02. The number of hydrogen-bond donors (Lipinski definition) is 1. The van der Waals surface area contributed by atoms with E-state index < -0.39 is 24.1 Å². The molecule has 124 valence electrons. The van der Waals surface area contributed by atoms with Crippen LogP contribution in [-0.4, -0.2) is 45.8 Å². The van der Waals surface area contributed by atoms with Gasteiger partial charge >= 0.3 is 18.1 Å². The molecule has 0 fully saturated rings. The van der Waals surface area contributed by atoms with Crippen molar-refractivity contribution in [1.29, 1.82) is 0 Å². The highest BCUT2D eigenvalue weighted by Crippen LogP contribution is 2.16. The Bertz CT molecular complexity index is 747. The molecule has 0 aliphatic rings. The number of alkyl halides is 3. The molecule has 1 N–H and O–H groups in total. The van der Waals surface area contributed by atoms with Crippen LogP contribution in [0.15, 0.2) is 18.3 Å². The van der Waals surface area contributed by atoms with Crippen LogP contribution in [0.2, 0.25) is 5.15 Å². The number of carbonyl (C=O) groups excluding carboxylic acids is 2. The fourth-order valence-corrected chi connectivity index (χ4v) is 1.94. The molecule has 11 heteroatoms. The predicted molar refractivity (Wildman–Crippen MR) is 71.7 cm³/mol. The standard InChI is InChI=1S/C12H10ClF3N4O3/c1-23-10(21)7(18-11(22)12(14,15)16)4-6-5-20-9(17-6)3-2-8(13)19-20/h2-3,5,7H,4H2,1H3,(H,18,22). The molecule has 7 nitrogen and oxygen atoms in total. The summed E-state index contributed by atoms with van der Waals surface area (Å²) < 4.78 is 42.7. The van der Waals surface area contributed by atoms with Gasteiger partial charge in [-0.3, -0.25) is 4.79 Å². The summed E-state index contributed by atoms with van der Waals surface area (Å²) in [5, 5.41) is 5.67. The summed E-state index contributed by atoms with van der Waals surface area (Å²) in [6.45, 7) is 0. The van der Waals surface area contributed by atoms with Gasteiger partial charge in [0.25, 0.3) is 0 Å². The van der Waals surface area contributed by atoms with Crippen molar-refractivity contribution >= 4 is 29.1 Å². The highest BCUT2D eigenvalue weighted by Gasteiger charge is 2.41. The molecule has 2 heterocycles. The number of nitrogens with zero attached hydrogens (tertiary/aromatic N) is 3. The number of fused-ring (bicyclic) bond motifs is 1. The number of methoxy groups -OCH3 is 1. The highest BCUT2D eigenvalue weighted by atomic mass is 35.5. The van der Waals surface area contributed by atoms with Gasteiger partial charge in [0.1, 0.15) is 11.2 Å². The van der Waals surface area contributed by atoms with Gasteiger partial charge in [0.15, 0.2) is 5.65 Å². The highest BCUT2D eigenvalue weighted by molar-refractivity contribution is 6.29. The Labute approximate surface area is 132 Å². The summed E-state index contributed by atoms with van der Waals surface area (Å²) >= 11 is 5.71. The minimum absolute atomic E-state index is 0.191. The molecule has 2 aromatic rings. The molecule has 2 aromatic heterocycles. The van der Waals surface area contributed by atoms with Crippen LogP contribution in [0, 0.1) is 0 Å². The lowest BCUT2D eigenvalue weighted by molar-refractivity contribution is -0.175. The van der Waals surface area contributed by atoms with Crippen LogP contribution >= 0.6 is 11.6 Å². The van der Waals surface area contributed by atoms with Gasteiger partial charge in [-0.05, 0) is 12.1 Å². The lowest BCUT2D eigenvalue weighted by Gasteiger charge is -2.16. The zero-order chi connectivity index (χ0) is 17.2. The van der Waals surface area contributed by atoms with Crippen molar-refractivity contribution in [3.05, 3.63) is 29.2 Å². The quantitative estimate of drug-likeness (QED) is 0.836. The third-order valence-electron chi connectivity index (χ3n) is 2.80. The maximum Gasteiger partial charge on any atom is 0.471 e. The molecule has 1 atom stereocenters. The number of hydrogen-bond acceptors (Lipinski definition) is 5. The Morgan fingerprint density at radius 2 is 2.13 bits per heavy atom. The summed E-state index contributed by atoms with van der Waals surface area (Å²) in [5.74, 6) is -3.26. The normalized spacial score (nSPS) is 12.9. The van der Waals surface area contributed by atoms with E-state index >= 15 is 0 Å². The molecule has 0 spiro atoms. The van der Waals surface area contributed by atoms with Crippen LogP contribution in [0.1, 0.15) is 5.69 Å². The third-order valence-corrected chi connectivity index (χ3v) is 3.00. The smallest absolute Gasteiger partial charge is 0.467 e. The minimum atomic E-state index is -5.11. The zero-order valence-electron chi connectivity index (χ0n) is 11.6. The van der Waals surface area contributed by atoms with E-state index in [1.807, 2.05) is 0 Å². The molecule has 0 radical (unpaired) electrons. The minimum Gasteiger partial charge on any atom is -0.467 e. The summed E-state index contributed by atoms with van der Waals surface area (Å²) in [5.41, 5.74) is 0.618. The Morgan fingerprint density at radius 1 is 1.43 bits per heavy atom. The van der Waals surface area contributed by atoms with E-state index in [4.69, 9.17) is 11.6 Å². The number of halogens is 4. The van der Waals surface area contributed by atoms with Gasteiger partial charge in [0.2, 0.25) is 0 Å². The molecule has 0 aromatic carbocycles. The van der Waals surface area contributed by atoms with Crippen molar-refractivity contribution in [2.45, 2.75) is 18.6 Å². The predicted octanol–water partition coefficient (Wildman–Crippen LogP) is 1.15. The van der Waals surface area contributed by atoms with Gasteiger partial charge in [-0.15, -0.1) is 0 Å². The lowest BCUT2D eigenvalue weighted by atomic mass is 10.1. The summed E-state index contributed by atoms with van der Waals surface area (Å²) in [7, 11) is 1.00. The lowest BCUT2D eigenvalue weighted by Crippen LogP contribution is -2.48. The van der Waals surface area contributed by atoms with Crippen LogP contribution in [0.3, 0.4) is 0 Å². The number of imidazole rings is 1. The Hall–Kier alpha value is -2.36. The van der Waals surface area contributed by atoms with E-state index in [0.29, 0.717) is 5.65 Å². The van der Waals surface area contributed by atoms with Gasteiger partial charge in [0.05, 0.1) is 19.0 Å². The first-order chi connectivity index (χ1) is 10.7. The first-order valence-electron chi connectivity index (χ1n) is 6.17. The first kappa shape index (κ1) is 17.0. The van der Waals surface area contributed by atoms with Crippen molar-refractivity contribution in [2.75, 3.05) is 7.11 Å². The monoisotopic (exact) mass is 350 g/mol. The van der Waals surface area contributed by atoms with E-state index in [1.165, 1.54) is 16.8 Å². The fourth-order valence-electron chi connectivity index (χ4n) is 1.79. The SMILES string of the molecule is COC(=O)C(Cc1cn2nc(Cl)ccc2n1)NC(=O)C(F)(F)F. The Morgan fingerprint density at radius 3 is 2.74 bits per heavy atom. The molecule has 1 amide bonds. The molecule has 0 aliphatic carbocycles. The number of amides is 1. The van der Waals surface area contributed by atoms with Crippen LogP contribution < -0.4 is 5.32 Å². The molecule has 1 unspecified atom stereocenters. The molecular formula is C12H10ClF3N4O3. The van der Waals surface area contributed by atoms with Gasteiger partial charge in [-0.2, -0.15) is 18.3 Å². The van der Waals surface area contributed by atoms with Crippen LogP contribution in [0.5, 0.6) is 0 Å². The second kappa shape index (κ2) is 6.41. The summed E-state index contributed by atoms with van der Waals surface area (Å²) in [6, 6.07) is 1.49. The van der Waals surface area contributed by atoms with Crippen LogP contribution in [-0.2, 0) is 20.7 Å². The third kappa shape index (κ3) is 4.09. The van der Waals surface area contributed by atoms with E-state index in [9.17, 15) is 22.8 Å². The van der Waals surface area contributed by atoms with E-state index in [-0.39, 0.29) is 17.3 Å². The molecule has 0 saturated carbocycles. The van der Waals surface area contributed by atoms with Gasteiger partial charge in [-0.25, -0.2) is 14.3 Å². The summed E-state index contributed by atoms with van der Waals surface area (Å²) in [4.78, 5) is 26.7. The molecule has 2 rings (SSSR count). The molecule has 0 saturated heterocycles. The van der Waals surface area contributed by atoms with Gasteiger partial charge < -0.3 is 10.1 Å². The molecule has 0 aliphatic heterocycles. The average molecular weight is 351 g/mol. The largest absolute Gasteiger partial charge is 0.471 e. The number of esters is 1. The maximum absolute atomic E-state index is 12.3. The number of aromatic nitrogens is 3. The van der Waals surface area contributed by atoms with E-state index in [2.05, 4.69) is 14.8 Å². The molecule has 23 heavy (non-hydrogen) atoms. The van der Waals surface area contributed by atoms with Crippen molar-refractivity contribution in [3.63, 3.8) is 0 Å². The van der Waals surface area contributed by atoms with Crippen molar-refractivity contribution in [3.8, 4) is 0 Å². The van der Waals surface area contributed by atoms with Crippen LogP contribution in [0.25, 0.3) is 5.65 Å². The van der Waals surface area contributed by atoms with E-state index in [1.54, 1.807) is 11.4 Å². The maximum atomic E-state index is 12.3. The Balaban J connectivity index is 2.22. The second-order valence-corrected chi connectivity index (χ2v) is 4.83. The number of rotatable bonds is 4. The molecule has 0 bridgehead atoms. The number of nitrogens with one attached hydrogen (secondary N) is 1. The number of carbonyl (C=O) groups is 2. The second-order valence-electron chi connectivity index (χ2n) is 4.44. The average Bonchev–Trinajstić information content (AvgIpc) is 2.86. The zero-order valence-corrected chi connectivity index (χ0v) is 12.4. The molecular weight excluding hydrogens is 341 g/mol. The number of ether oxygens (including phenoxy) is 1. The van der Waals surface area contributed by atoms with Crippen molar-refractivity contribution in [1.82, 2.24) is 19.9 Å². The first-order valence-corrected chi connectivity index (χ1v) is 6.55. The van der Waals surface area contributed by atoms with Crippen LogP contribution in [0.4, 0.5) is 13.2 Å². The van der Waals surface area contributed by atoms with E-state index in [0.717, 1.165) is 7.11 Å². The van der Waals surface area contributed by atoms with Crippen molar-refractivity contribution in [2.24, 2.45) is 0 Å².